The number of esters is 1. The molecular formula is C16H21NO3. The zero-order chi connectivity index (χ0) is 14.4. The molecule has 108 valence electrons. The molecule has 0 unspecified atom stereocenters. The Balaban J connectivity index is 1.85. The lowest BCUT2D eigenvalue weighted by Gasteiger charge is -2.31. The van der Waals surface area contributed by atoms with Gasteiger partial charge in [0.2, 0.25) is 0 Å². The number of carbonyl (C=O) groups excluding carboxylic acids is 2. The largest absolute Gasteiger partial charge is 0.465 e. The number of benzene rings is 1. The van der Waals surface area contributed by atoms with Crippen LogP contribution in [0.25, 0.3) is 0 Å². The first-order chi connectivity index (χ1) is 9.72. The predicted octanol–water partition coefficient (Wildman–Crippen LogP) is 2.49. The molecule has 20 heavy (non-hydrogen) atoms. The van der Waals surface area contributed by atoms with E-state index in [4.69, 9.17) is 4.74 Å². The van der Waals surface area contributed by atoms with E-state index in [-0.39, 0.29) is 17.8 Å². The molecule has 1 aromatic rings. The molecule has 4 nitrogen and oxygen atoms in total. The second-order valence-corrected chi connectivity index (χ2v) is 5.10. The highest BCUT2D eigenvalue weighted by molar-refractivity contribution is 5.94. The van der Waals surface area contributed by atoms with E-state index in [0.29, 0.717) is 38.1 Å². The van der Waals surface area contributed by atoms with E-state index in [1.165, 1.54) is 0 Å². The van der Waals surface area contributed by atoms with E-state index in [0.717, 1.165) is 6.42 Å². The number of amides is 1. The molecule has 0 bridgehead atoms. The van der Waals surface area contributed by atoms with Crippen LogP contribution in [0.4, 0.5) is 0 Å². The van der Waals surface area contributed by atoms with Crippen molar-refractivity contribution in [1.82, 2.24) is 4.90 Å². The quantitative estimate of drug-likeness (QED) is 0.793. The second-order valence-electron chi connectivity index (χ2n) is 5.10. The zero-order valence-corrected chi connectivity index (χ0v) is 11.9. The number of hydrogen-bond donors (Lipinski definition) is 0. The number of ether oxygens (including phenoxy) is 1. The number of piperidine rings is 1. The van der Waals surface area contributed by atoms with Gasteiger partial charge < -0.3 is 9.64 Å². The fourth-order valence-electron chi connectivity index (χ4n) is 2.40. The van der Waals surface area contributed by atoms with E-state index >= 15 is 0 Å². The highest BCUT2D eigenvalue weighted by Crippen LogP contribution is 2.20. The second kappa shape index (κ2) is 7.08. The van der Waals surface area contributed by atoms with E-state index in [9.17, 15) is 9.59 Å². The maximum Gasteiger partial charge on any atom is 0.309 e. The zero-order valence-electron chi connectivity index (χ0n) is 11.9. The average molecular weight is 275 g/mol. The van der Waals surface area contributed by atoms with Crippen molar-refractivity contribution < 1.29 is 14.3 Å². The molecule has 0 atom stereocenters. The summed E-state index contributed by atoms with van der Waals surface area (Å²) in [5, 5.41) is 0. The number of nitrogens with zero attached hydrogens (tertiary/aromatic N) is 1. The molecule has 1 aromatic carbocycles. The van der Waals surface area contributed by atoms with Crippen LogP contribution in [0.5, 0.6) is 0 Å². The van der Waals surface area contributed by atoms with Gasteiger partial charge in [0.15, 0.2) is 0 Å². The summed E-state index contributed by atoms with van der Waals surface area (Å²) in [6.07, 6.45) is 2.24. The van der Waals surface area contributed by atoms with Crippen LogP contribution in [0.2, 0.25) is 0 Å². The summed E-state index contributed by atoms with van der Waals surface area (Å²) in [5.74, 6) is -0.119. The topological polar surface area (TPSA) is 46.6 Å². The van der Waals surface area contributed by atoms with Gasteiger partial charge in [-0.1, -0.05) is 25.1 Å². The van der Waals surface area contributed by atoms with Crippen LogP contribution in [-0.4, -0.2) is 36.5 Å². The molecule has 0 saturated carbocycles. The van der Waals surface area contributed by atoms with Gasteiger partial charge >= 0.3 is 5.97 Å². The Morgan fingerprint density at radius 2 is 1.85 bits per heavy atom. The minimum absolute atomic E-state index is 0.0472. The third-order valence-electron chi connectivity index (χ3n) is 3.58. The highest BCUT2D eigenvalue weighted by Gasteiger charge is 2.28. The molecule has 0 spiro atoms. The lowest BCUT2D eigenvalue weighted by Crippen LogP contribution is -2.40. The van der Waals surface area contributed by atoms with E-state index < -0.39 is 0 Å². The van der Waals surface area contributed by atoms with Crippen LogP contribution in [0.1, 0.15) is 36.5 Å². The van der Waals surface area contributed by atoms with Gasteiger partial charge in [0.1, 0.15) is 0 Å². The summed E-state index contributed by atoms with van der Waals surface area (Å²) in [7, 11) is 0. The molecule has 1 aliphatic rings. The Morgan fingerprint density at radius 1 is 1.20 bits per heavy atom. The van der Waals surface area contributed by atoms with E-state index in [1.54, 1.807) is 0 Å². The summed E-state index contributed by atoms with van der Waals surface area (Å²) in [4.78, 5) is 25.9. The van der Waals surface area contributed by atoms with Crippen LogP contribution in [-0.2, 0) is 9.53 Å². The average Bonchev–Trinajstić information content (AvgIpc) is 2.53. The van der Waals surface area contributed by atoms with Crippen LogP contribution in [0.15, 0.2) is 30.3 Å². The van der Waals surface area contributed by atoms with Crippen molar-refractivity contribution in [3.05, 3.63) is 35.9 Å². The molecule has 1 heterocycles. The fourth-order valence-corrected chi connectivity index (χ4v) is 2.40. The lowest BCUT2D eigenvalue weighted by atomic mass is 9.96. The first-order valence-electron chi connectivity index (χ1n) is 7.23. The molecule has 1 fully saturated rings. The standard InChI is InChI=1S/C16H21NO3/c1-2-12-20-16(19)14-8-10-17(11-9-14)15(18)13-6-4-3-5-7-13/h3-7,14H,2,8-12H2,1H3. The van der Waals surface area contributed by atoms with Crippen LogP contribution >= 0.6 is 0 Å². The van der Waals surface area contributed by atoms with Crippen molar-refractivity contribution >= 4 is 11.9 Å². The van der Waals surface area contributed by atoms with Gasteiger partial charge in [-0.15, -0.1) is 0 Å². The van der Waals surface area contributed by atoms with Gasteiger partial charge in [-0.05, 0) is 31.4 Å². The van der Waals surface area contributed by atoms with Crippen LogP contribution < -0.4 is 0 Å². The molecule has 1 amide bonds. The van der Waals surface area contributed by atoms with Gasteiger partial charge in [0.05, 0.1) is 12.5 Å². The Hall–Kier alpha value is -1.84. The molecule has 2 rings (SSSR count). The molecular weight excluding hydrogens is 254 g/mol. The molecule has 1 saturated heterocycles. The van der Waals surface area contributed by atoms with Crippen molar-refractivity contribution in [2.75, 3.05) is 19.7 Å². The van der Waals surface area contributed by atoms with Crippen molar-refractivity contribution in [2.24, 2.45) is 5.92 Å². The SMILES string of the molecule is CCCOC(=O)C1CCN(C(=O)c2ccccc2)CC1. The van der Waals surface area contributed by atoms with E-state index in [1.807, 2.05) is 42.2 Å². The third kappa shape index (κ3) is 3.59. The maximum atomic E-state index is 12.3. The Morgan fingerprint density at radius 3 is 2.45 bits per heavy atom. The van der Waals surface area contributed by atoms with Gasteiger partial charge in [-0.2, -0.15) is 0 Å². The minimum Gasteiger partial charge on any atom is -0.465 e. The van der Waals surface area contributed by atoms with Crippen LogP contribution in [0.3, 0.4) is 0 Å². The van der Waals surface area contributed by atoms with Crippen LogP contribution in [0, 0.1) is 5.92 Å². The number of rotatable bonds is 4. The van der Waals surface area contributed by atoms with Crippen molar-refractivity contribution in [3.8, 4) is 0 Å². The summed E-state index contributed by atoms with van der Waals surface area (Å²) in [6.45, 7) is 3.72. The number of likely N-dealkylation sites (tertiary alicyclic amines) is 1. The predicted molar refractivity (Wildman–Crippen MR) is 76.3 cm³/mol. The number of carbonyl (C=O) groups is 2. The van der Waals surface area contributed by atoms with Crippen molar-refractivity contribution in [3.63, 3.8) is 0 Å². The first-order valence-corrected chi connectivity index (χ1v) is 7.23. The minimum atomic E-state index is -0.112. The number of hydrogen-bond acceptors (Lipinski definition) is 3. The lowest BCUT2D eigenvalue weighted by molar-refractivity contribution is -0.150. The maximum absolute atomic E-state index is 12.3. The van der Waals surface area contributed by atoms with Gasteiger partial charge in [0, 0.05) is 18.7 Å². The van der Waals surface area contributed by atoms with E-state index in [2.05, 4.69) is 0 Å². The van der Waals surface area contributed by atoms with Gasteiger partial charge in [0.25, 0.3) is 5.91 Å². The summed E-state index contributed by atoms with van der Waals surface area (Å²) < 4.78 is 5.17. The summed E-state index contributed by atoms with van der Waals surface area (Å²) in [6, 6.07) is 9.27. The van der Waals surface area contributed by atoms with Crippen molar-refractivity contribution in [1.29, 1.82) is 0 Å². The Kier molecular flexibility index (Phi) is 5.16. The third-order valence-corrected chi connectivity index (χ3v) is 3.58. The van der Waals surface area contributed by atoms with Gasteiger partial charge in [-0.3, -0.25) is 9.59 Å². The summed E-state index contributed by atoms with van der Waals surface area (Å²) in [5.41, 5.74) is 0.708. The normalized spacial score (nSPS) is 15.9. The molecule has 1 aliphatic heterocycles. The molecule has 0 aromatic heterocycles. The fraction of sp³-hybridized carbons (Fsp3) is 0.500. The van der Waals surface area contributed by atoms with Crippen molar-refractivity contribution in [2.45, 2.75) is 26.2 Å². The molecule has 0 aliphatic carbocycles. The smallest absolute Gasteiger partial charge is 0.309 e. The monoisotopic (exact) mass is 275 g/mol. The first kappa shape index (κ1) is 14.6. The molecule has 0 radical (unpaired) electrons. The summed E-state index contributed by atoms with van der Waals surface area (Å²) >= 11 is 0. The highest BCUT2D eigenvalue weighted by atomic mass is 16.5. The van der Waals surface area contributed by atoms with Gasteiger partial charge in [-0.25, -0.2) is 0 Å². The Labute approximate surface area is 119 Å². The molecule has 0 N–H and O–H groups in total. The Bertz CT molecular complexity index is 450. The molecule has 4 heteroatoms.